The van der Waals surface area contributed by atoms with Gasteiger partial charge in [-0.05, 0) is 13.3 Å². The Labute approximate surface area is 118 Å². The molecule has 0 saturated heterocycles. The Morgan fingerprint density at radius 3 is 2.75 bits per heavy atom. The molecule has 0 aliphatic carbocycles. The molecule has 2 rings (SSSR count). The fourth-order valence-corrected chi connectivity index (χ4v) is 1.92. The van der Waals surface area contributed by atoms with E-state index in [9.17, 15) is 0 Å². The molecule has 0 bridgehead atoms. The maximum absolute atomic E-state index is 5.48. The average Bonchev–Trinajstić information content (AvgIpc) is 2.98. The number of nitrogens with two attached hydrogens (primary N) is 1. The van der Waals surface area contributed by atoms with Crippen LogP contribution in [0, 0.1) is 6.92 Å². The van der Waals surface area contributed by atoms with Gasteiger partial charge in [0.1, 0.15) is 17.5 Å². The third kappa shape index (κ3) is 3.45. The van der Waals surface area contributed by atoms with Crippen LogP contribution in [0.1, 0.15) is 24.7 Å². The lowest BCUT2D eigenvalue weighted by molar-refractivity contribution is 0.659. The molecular weight excluding hydrogens is 254 g/mol. The molecule has 0 aliphatic rings. The fraction of sp³-hybridized carbons (Fsp3) is 0.462. The van der Waals surface area contributed by atoms with Gasteiger partial charge in [-0.25, -0.2) is 20.8 Å². The minimum absolute atomic E-state index is 0.675. The van der Waals surface area contributed by atoms with E-state index in [1.54, 1.807) is 6.20 Å². The van der Waals surface area contributed by atoms with Gasteiger partial charge in [0.2, 0.25) is 0 Å². The highest BCUT2D eigenvalue weighted by Gasteiger charge is 2.08. The minimum Gasteiger partial charge on any atom is -0.370 e. The number of hydrazine groups is 1. The van der Waals surface area contributed by atoms with Gasteiger partial charge in [-0.1, -0.05) is 6.92 Å². The molecule has 0 aliphatic heterocycles. The Morgan fingerprint density at radius 2 is 2.10 bits per heavy atom. The summed E-state index contributed by atoms with van der Waals surface area (Å²) >= 11 is 0. The van der Waals surface area contributed by atoms with Gasteiger partial charge in [0.05, 0.1) is 6.33 Å². The lowest BCUT2D eigenvalue weighted by Crippen LogP contribution is -2.15. The van der Waals surface area contributed by atoms with Crippen LogP contribution in [0.5, 0.6) is 0 Å². The molecule has 0 unspecified atom stereocenters. The number of aryl methyl sites for hydroxylation is 2. The molecule has 0 radical (unpaired) electrons. The van der Waals surface area contributed by atoms with Crippen molar-refractivity contribution in [2.24, 2.45) is 5.84 Å². The van der Waals surface area contributed by atoms with Crippen molar-refractivity contribution >= 4 is 11.6 Å². The zero-order chi connectivity index (χ0) is 14.4. The normalized spacial score (nSPS) is 10.6. The number of anilines is 2. The minimum atomic E-state index is 0.675. The highest BCUT2D eigenvalue weighted by molar-refractivity contribution is 5.56. The maximum Gasteiger partial charge on any atom is 0.148 e. The molecule has 7 nitrogen and oxygen atoms in total. The van der Waals surface area contributed by atoms with Crippen molar-refractivity contribution in [2.45, 2.75) is 33.2 Å². The molecule has 0 aromatic carbocycles. The molecule has 4 N–H and O–H groups in total. The Kier molecular flexibility index (Phi) is 4.89. The Balaban J connectivity index is 1.94. The molecule has 7 heteroatoms. The third-order valence-electron chi connectivity index (χ3n) is 3.09. The second kappa shape index (κ2) is 6.85. The number of imidazole rings is 1. The van der Waals surface area contributed by atoms with E-state index in [4.69, 9.17) is 5.84 Å². The van der Waals surface area contributed by atoms with Crippen LogP contribution >= 0.6 is 0 Å². The standard InChI is InChI=1S/C13H21N7/c1-3-11-17-12(10(2)13(18-11)19-14)16-5-4-7-20-8-6-15-9-20/h6,8-9H,3-5,7,14H2,1-2H3,(H2,16,17,18,19). The van der Waals surface area contributed by atoms with Crippen LogP contribution in [-0.2, 0) is 13.0 Å². The van der Waals surface area contributed by atoms with Crippen molar-refractivity contribution in [1.82, 2.24) is 19.5 Å². The lowest BCUT2D eigenvalue weighted by atomic mass is 10.3. The first-order valence-corrected chi connectivity index (χ1v) is 6.78. The molecule has 2 heterocycles. The molecule has 20 heavy (non-hydrogen) atoms. The summed E-state index contributed by atoms with van der Waals surface area (Å²) in [6, 6.07) is 0. The van der Waals surface area contributed by atoms with E-state index in [1.165, 1.54) is 0 Å². The number of hydrogen-bond donors (Lipinski definition) is 3. The summed E-state index contributed by atoms with van der Waals surface area (Å²) in [7, 11) is 0. The number of rotatable bonds is 7. The molecule has 0 spiro atoms. The van der Waals surface area contributed by atoms with Gasteiger partial charge in [0, 0.05) is 37.5 Å². The molecule has 0 fully saturated rings. The van der Waals surface area contributed by atoms with Crippen LogP contribution in [0.3, 0.4) is 0 Å². The molecule has 0 amide bonds. The van der Waals surface area contributed by atoms with E-state index in [-0.39, 0.29) is 0 Å². The number of nitrogen functional groups attached to an aromatic ring is 1. The van der Waals surface area contributed by atoms with Crippen molar-refractivity contribution in [3.05, 3.63) is 30.1 Å². The summed E-state index contributed by atoms with van der Waals surface area (Å²) in [5.41, 5.74) is 3.56. The molecule has 2 aromatic rings. The monoisotopic (exact) mass is 275 g/mol. The van der Waals surface area contributed by atoms with Crippen molar-refractivity contribution < 1.29 is 0 Å². The Morgan fingerprint density at radius 1 is 1.30 bits per heavy atom. The van der Waals surface area contributed by atoms with Crippen molar-refractivity contribution in [3.8, 4) is 0 Å². The van der Waals surface area contributed by atoms with Gasteiger partial charge in [-0.15, -0.1) is 0 Å². The summed E-state index contributed by atoms with van der Waals surface area (Å²) in [4.78, 5) is 12.9. The zero-order valence-corrected chi connectivity index (χ0v) is 11.9. The van der Waals surface area contributed by atoms with Gasteiger partial charge in [-0.2, -0.15) is 0 Å². The second-order valence-electron chi connectivity index (χ2n) is 4.54. The Hall–Kier alpha value is -2.15. The molecular formula is C13H21N7. The fourth-order valence-electron chi connectivity index (χ4n) is 1.92. The van der Waals surface area contributed by atoms with Crippen LogP contribution in [0.15, 0.2) is 18.7 Å². The van der Waals surface area contributed by atoms with E-state index in [0.717, 1.165) is 43.1 Å². The smallest absolute Gasteiger partial charge is 0.148 e. The van der Waals surface area contributed by atoms with Crippen LogP contribution in [0.4, 0.5) is 11.6 Å². The number of nitrogens with one attached hydrogen (secondary N) is 2. The van der Waals surface area contributed by atoms with Gasteiger partial charge >= 0.3 is 0 Å². The highest BCUT2D eigenvalue weighted by Crippen LogP contribution is 2.19. The SMILES string of the molecule is CCc1nc(NN)c(C)c(NCCCn2ccnc2)n1. The van der Waals surface area contributed by atoms with Gasteiger partial charge in [-0.3, -0.25) is 0 Å². The third-order valence-corrected chi connectivity index (χ3v) is 3.09. The predicted octanol–water partition coefficient (Wildman–Crippen LogP) is 1.33. The van der Waals surface area contributed by atoms with Crippen LogP contribution < -0.4 is 16.6 Å². The quantitative estimate of drug-likeness (QED) is 0.401. The van der Waals surface area contributed by atoms with Crippen molar-refractivity contribution in [1.29, 1.82) is 0 Å². The van der Waals surface area contributed by atoms with Crippen molar-refractivity contribution in [3.63, 3.8) is 0 Å². The molecule has 108 valence electrons. The van der Waals surface area contributed by atoms with E-state index < -0.39 is 0 Å². The summed E-state index contributed by atoms with van der Waals surface area (Å²) in [5, 5.41) is 3.34. The van der Waals surface area contributed by atoms with Gasteiger partial charge < -0.3 is 15.3 Å². The van der Waals surface area contributed by atoms with Crippen LogP contribution in [0.2, 0.25) is 0 Å². The first-order valence-electron chi connectivity index (χ1n) is 6.78. The average molecular weight is 275 g/mol. The predicted molar refractivity (Wildman–Crippen MR) is 79.3 cm³/mol. The second-order valence-corrected chi connectivity index (χ2v) is 4.54. The van der Waals surface area contributed by atoms with E-state index in [0.29, 0.717) is 5.82 Å². The topological polar surface area (TPSA) is 93.7 Å². The molecule has 2 aromatic heterocycles. The van der Waals surface area contributed by atoms with Gasteiger partial charge in [0.15, 0.2) is 0 Å². The zero-order valence-electron chi connectivity index (χ0n) is 11.9. The van der Waals surface area contributed by atoms with Gasteiger partial charge in [0.25, 0.3) is 0 Å². The largest absolute Gasteiger partial charge is 0.370 e. The lowest BCUT2D eigenvalue weighted by Gasteiger charge is -2.13. The Bertz CT molecular complexity index is 536. The summed E-state index contributed by atoms with van der Waals surface area (Å²) in [6.07, 6.45) is 7.34. The number of hydrogen-bond acceptors (Lipinski definition) is 6. The summed E-state index contributed by atoms with van der Waals surface area (Å²) in [6.45, 7) is 5.74. The van der Waals surface area contributed by atoms with E-state index in [1.807, 2.05) is 26.4 Å². The summed E-state index contributed by atoms with van der Waals surface area (Å²) < 4.78 is 2.05. The van der Waals surface area contributed by atoms with Crippen molar-refractivity contribution in [2.75, 3.05) is 17.3 Å². The maximum atomic E-state index is 5.48. The number of nitrogens with zero attached hydrogens (tertiary/aromatic N) is 4. The first-order chi connectivity index (χ1) is 9.74. The highest BCUT2D eigenvalue weighted by atomic mass is 15.3. The molecule has 0 atom stereocenters. The van der Waals surface area contributed by atoms with Crippen LogP contribution in [-0.4, -0.2) is 26.1 Å². The first kappa shape index (κ1) is 14.3. The molecule has 0 saturated carbocycles. The van der Waals surface area contributed by atoms with Crippen LogP contribution in [0.25, 0.3) is 0 Å². The van der Waals surface area contributed by atoms with E-state index in [2.05, 4.69) is 30.3 Å². The van der Waals surface area contributed by atoms with E-state index >= 15 is 0 Å². The number of aromatic nitrogens is 4. The summed E-state index contributed by atoms with van der Waals surface area (Å²) in [5.74, 6) is 7.78.